The van der Waals surface area contributed by atoms with E-state index in [1.165, 1.54) is 12.3 Å². The highest BCUT2D eigenvalue weighted by Gasteiger charge is 2.43. The number of anilines is 1. The Labute approximate surface area is 179 Å². The fourth-order valence-corrected chi connectivity index (χ4v) is 4.56. The first-order chi connectivity index (χ1) is 15.3. The molecule has 0 aliphatic carbocycles. The molecule has 0 spiro atoms. The standard InChI is InChI=1S/C20H20F3N7O2/c1-29(14-4-9-2-3-12(26-9)17(14)21)16-7-24-18(28-27-16)11-5-13-10(6-15(11)31)19(32)30(8-25-13)20(22)23/h5-9,12,14,17,20,26,31H,2-4H2,1H3/t9-,12?,14-,17+/m1/s1. The lowest BCUT2D eigenvalue weighted by Crippen LogP contribution is -2.55. The Morgan fingerprint density at radius 2 is 2.06 bits per heavy atom. The predicted molar refractivity (Wildman–Crippen MR) is 109 cm³/mol. The van der Waals surface area contributed by atoms with Gasteiger partial charge in [0.15, 0.2) is 11.6 Å². The molecule has 0 amide bonds. The Balaban J connectivity index is 1.44. The molecule has 5 rings (SSSR count). The van der Waals surface area contributed by atoms with Crippen LogP contribution in [0.4, 0.5) is 19.0 Å². The lowest BCUT2D eigenvalue weighted by atomic mass is 9.96. The second kappa shape index (κ2) is 7.69. The Kier molecular flexibility index (Phi) is 4.96. The number of halogens is 3. The molecule has 3 aromatic rings. The number of fused-ring (bicyclic) bond motifs is 3. The summed E-state index contributed by atoms with van der Waals surface area (Å²) in [6.45, 7) is -3.04. The molecule has 4 atom stereocenters. The molecule has 1 aromatic carbocycles. The van der Waals surface area contributed by atoms with Crippen LogP contribution in [0, 0.1) is 0 Å². The third-order valence-corrected chi connectivity index (χ3v) is 6.31. The molecule has 2 N–H and O–H groups in total. The summed E-state index contributed by atoms with van der Waals surface area (Å²) in [6.07, 6.45) is 3.57. The number of aromatic nitrogens is 5. The first kappa shape index (κ1) is 20.6. The van der Waals surface area contributed by atoms with Crippen molar-refractivity contribution >= 4 is 16.7 Å². The summed E-state index contributed by atoms with van der Waals surface area (Å²) in [5, 5.41) is 21.7. The Morgan fingerprint density at radius 1 is 1.25 bits per heavy atom. The van der Waals surface area contributed by atoms with Crippen LogP contribution in [0.3, 0.4) is 0 Å². The summed E-state index contributed by atoms with van der Waals surface area (Å²) in [6, 6.07) is 2.19. The van der Waals surface area contributed by atoms with Gasteiger partial charge in [-0.2, -0.15) is 8.78 Å². The highest BCUT2D eigenvalue weighted by Crippen LogP contribution is 2.34. The van der Waals surface area contributed by atoms with Crippen LogP contribution < -0.4 is 15.8 Å². The number of benzene rings is 1. The largest absolute Gasteiger partial charge is 0.507 e. The third-order valence-electron chi connectivity index (χ3n) is 6.31. The van der Waals surface area contributed by atoms with Gasteiger partial charge in [0.2, 0.25) is 0 Å². The normalized spacial score (nSPS) is 24.9. The van der Waals surface area contributed by atoms with Crippen molar-refractivity contribution < 1.29 is 18.3 Å². The second-order valence-electron chi connectivity index (χ2n) is 8.17. The van der Waals surface area contributed by atoms with Crippen molar-refractivity contribution in [3.8, 4) is 17.1 Å². The summed E-state index contributed by atoms with van der Waals surface area (Å²) in [5.41, 5.74) is -0.723. The zero-order valence-electron chi connectivity index (χ0n) is 17.0. The summed E-state index contributed by atoms with van der Waals surface area (Å²) >= 11 is 0. The van der Waals surface area contributed by atoms with Crippen LogP contribution in [0.5, 0.6) is 5.75 Å². The van der Waals surface area contributed by atoms with Crippen molar-refractivity contribution in [2.75, 3.05) is 11.9 Å². The smallest absolute Gasteiger partial charge is 0.322 e. The van der Waals surface area contributed by atoms with Gasteiger partial charge in [-0.15, -0.1) is 10.2 Å². The van der Waals surface area contributed by atoms with Gasteiger partial charge >= 0.3 is 6.55 Å². The molecular weight excluding hydrogens is 427 g/mol. The van der Waals surface area contributed by atoms with E-state index < -0.39 is 18.3 Å². The molecule has 2 bridgehead atoms. The second-order valence-corrected chi connectivity index (χ2v) is 8.17. The minimum Gasteiger partial charge on any atom is -0.507 e. The lowest BCUT2D eigenvalue weighted by Gasteiger charge is -2.38. The number of piperidine rings is 1. The summed E-state index contributed by atoms with van der Waals surface area (Å²) in [7, 11) is 1.75. The van der Waals surface area contributed by atoms with Gasteiger partial charge in [0.1, 0.15) is 18.2 Å². The van der Waals surface area contributed by atoms with Crippen molar-refractivity contribution in [1.82, 2.24) is 30.0 Å². The molecule has 2 aromatic heterocycles. The monoisotopic (exact) mass is 447 g/mol. The Bertz CT molecular complexity index is 1220. The van der Waals surface area contributed by atoms with Crippen LogP contribution in [-0.4, -0.2) is 61.2 Å². The molecule has 2 aliphatic rings. The lowest BCUT2D eigenvalue weighted by molar-refractivity contribution is 0.0658. The van der Waals surface area contributed by atoms with E-state index in [4.69, 9.17) is 0 Å². The first-order valence-corrected chi connectivity index (χ1v) is 10.2. The van der Waals surface area contributed by atoms with Crippen molar-refractivity contribution in [2.24, 2.45) is 0 Å². The topological polar surface area (TPSA) is 109 Å². The Hall–Kier alpha value is -3.28. The van der Waals surface area contributed by atoms with Crippen LogP contribution in [-0.2, 0) is 0 Å². The SMILES string of the molecule is CN(c1cnc(-c2cc3ncn(C(F)F)c(=O)c3cc2O)nn1)[C@@H]1C[C@H]2CCC(N2)[C@@H]1F. The number of hydrogen-bond donors (Lipinski definition) is 2. The number of rotatable bonds is 4. The first-order valence-electron chi connectivity index (χ1n) is 10.2. The maximum Gasteiger partial charge on any atom is 0.322 e. The van der Waals surface area contributed by atoms with Crippen LogP contribution >= 0.6 is 0 Å². The number of phenolic OH excluding ortho intramolecular Hbond substituents is 1. The number of aromatic hydroxyl groups is 1. The van der Waals surface area contributed by atoms with E-state index in [0.717, 1.165) is 25.2 Å². The number of hydrogen-bond acceptors (Lipinski definition) is 8. The zero-order chi connectivity index (χ0) is 22.6. The average molecular weight is 447 g/mol. The van der Waals surface area contributed by atoms with Gasteiger partial charge in [0, 0.05) is 19.1 Å². The molecular formula is C20H20F3N7O2. The van der Waals surface area contributed by atoms with Crippen LogP contribution in [0.25, 0.3) is 22.3 Å². The zero-order valence-corrected chi connectivity index (χ0v) is 17.0. The van der Waals surface area contributed by atoms with Gasteiger partial charge in [-0.3, -0.25) is 4.79 Å². The number of phenols is 1. The fourth-order valence-electron chi connectivity index (χ4n) is 4.56. The maximum atomic E-state index is 14.8. The molecule has 0 radical (unpaired) electrons. The molecule has 168 valence electrons. The van der Waals surface area contributed by atoms with Crippen molar-refractivity contribution in [3.05, 3.63) is 35.0 Å². The van der Waals surface area contributed by atoms with Crippen molar-refractivity contribution in [3.63, 3.8) is 0 Å². The quantitative estimate of drug-likeness (QED) is 0.625. The average Bonchev–Trinajstić information content (AvgIpc) is 3.19. The van der Waals surface area contributed by atoms with Gasteiger partial charge in [-0.05, 0) is 31.4 Å². The van der Waals surface area contributed by atoms with E-state index in [1.54, 1.807) is 11.9 Å². The summed E-state index contributed by atoms with van der Waals surface area (Å²) < 4.78 is 40.8. The highest BCUT2D eigenvalue weighted by molar-refractivity contribution is 5.85. The summed E-state index contributed by atoms with van der Waals surface area (Å²) in [4.78, 5) is 22.0. The summed E-state index contributed by atoms with van der Waals surface area (Å²) in [5.74, 6) is 0.0783. The number of nitrogens with zero attached hydrogens (tertiary/aromatic N) is 6. The predicted octanol–water partition coefficient (Wildman–Crippen LogP) is 2.02. The number of nitrogens with one attached hydrogen (secondary N) is 1. The minimum absolute atomic E-state index is 0.0589. The minimum atomic E-state index is -3.04. The molecule has 1 unspecified atom stereocenters. The Morgan fingerprint density at radius 3 is 2.78 bits per heavy atom. The highest BCUT2D eigenvalue weighted by atomic mass is 19.3. The van der Waals surface area contributed by atoms with E-state index in [0.29, 0.717) is 12.2 Å². The molecule has 12 heteroatoms. The molecule has 2 fully saturated rings. The van der Waals surface area contributed by atoms with Gasteiger partial charge in [-0.1, -0.05) is 0 Å². The number of alkyl halides is 3. The van der Waals surface area contributed by atoms with Crippen LogP contribution in [0.1, 0.15) is 25.8 Å². The van der Waals surface area contributed by atoms with Crippen molar-refractivity contribution in [2.45, 2.75) is 50.1 Å². The van der Waals surface area contributed by atoms with Gasteiger partial charge in [-0.25, -0.2) is 18.9 Å². The third kappa shape index (κ3) is 3.34. The molecule has 0 saturated carbocycles. The van der Waals surface area contributed by atoms with Crippen LogP contribution in [0.15, 0.2) is 29.5 Å². The molecule has 4 heterocycles. The van der Waals surface area contributed by atoms with E-state index in [2.05, 4.69) is 25.5 Å². The molecule has 32 heavy (non-hydrogen) atoms. The molecule has 2 aliphatic heterocycles. The van der Waals surface area contributed by atoms with Gasteiger partial charge in [0.05, 0.1) is 28.7 Å². The fraction of sp³-hybridized carbons (Fsp3) is 0.450. The molecule has 9 nitrogen and oxygen atoms in total. The van der Waals surface area contributed by atoms with E-state index in [1.807, 2.05) is 0 Å². The molecule has 2 saturated heterocycles. The maximum absolute atomic E-state index is 14.8. The van der Waals surface area contributed by atoms with Crippen molar-refractivity contribution in [1.29, 1.82) is 0 Å². The van der Waals surface area contributed by atoms with E-state index >= 15 is 0 Å². The van der Waals surface area contributed by atoms with Gasteiger partial charge in [0.25, 0.3) is 5.56 Å². The van der Waals surface area contributed by atoms with E-state index in [-0.39, 0.29) is 50.7 Å². The van der Waals surface area contributed by atoms with Crippen LogP contribution in [0.2, 0.25) is 0 Å². The van der Waals surface area contributed by atoms with Gasteiger partial charge < -0.3 is 15.3 Å². The van der Waals surface area contributed by atoms with E-state index in [9.17, 15) is 23.1 Å².